The van der Waals surface area contributed by atoms with Gasteiger partial charge in [0.05, 0.1) is 12.0 Å². The van der Waals surface area contributed by atoms with E-state index in [4.69, 9.17) is 23.2 Å². The third kappa shape index (κ3) is 3.80. The van der Waals surface area contributed by atoms with Crippen LogP contribution in [0, 0.1) is 5.92 Å². The number of nitrogens with one attached hydrogen (secondary N) is 1. The van der Waals surface area contributed by atoms with Crippen LogP contribution in [0.25, 0.3) is 5.57 Å². The molecule has 0 saturated carbocycles. The van der Waals surface area contributed by atoms with Gasteiger partial charge in [-0.3, -0.25) is 4.79 Å². The number of aryl methyl sites for hydroxylation is 1. The number of carbonyl (C=O) groups is 1. The molecule has 30 heavy (non-hydrogen) atoms. The summed E-state index contributed by atoms with van der Waals surface area (Å²) < 4.78 is 0. The fraction of sp³-hybridized carbons (Fsp3) is 0.500. The van der Waals surface area contributed by atoms with Crippen molar-refractivity contribution in [3.05, 3.63) is 57.1 Å². The number of H-pyrrole nitrogens is 1. The zero-order chi connectivity index (χ0) is 20.7. The number of nitrogens with zero attached hydrogens (tertiary/aromatic N) is 2. The second-order valence-electron chi connectivity index (χ2n) is 8.84. The van der Waals surface area contributed by atoms with E-state index >= 15 is 0 Å². The van der Waals surface area contributed by atoms with Crippen LogP contribution >= 0.6 is 23.2 Å². The number of likely N-dealkylation sites (tertiary alicyclic amines) is 1. The Morgan fingerprint density at radius 2 is 1.97 bits per heavy atom. The molecule has 1 fully saturated rings. The smallest absolute Gasteiger partial charge is 0.226 e. The van der Waals surface area contributed by atoms with Gasteiger partial charge in [0.25, 0.3) is 0 Å². The maximum absolute atomic E-state index is 13.2. The molecule has 1 amide bonds. The molecule has 0 bridgehead atoms. The van der Waals surface area contributed by atoms with Gasteiger partial charge in [0.2, 0.25) is 5.91 Å². The van der Waals surface area contributed by atoms with Crippen molar-refractivity contribution in [2.45, 2.75) is 63.8 Å². The number of fused-ring (bicyclic) bond motifs is 1. The number of aromatic nitrogens is 2. The van der Waals surface area contributed by atoms with Crippen molar-refractivity contribution in [3.8, 4) is 0 Å². The zero-order valence-electron chi connectivity index (χ0n) is 17.1. The molecule has 1 N–H and O–H groups in total. The van der Waals surface area contributed by atoms with Crippen LogP contribution in [-0.4, -0.2) is 33.4 Å². The predicted octanol–water partition coefficient (Wildman–Crippen LogP) is 5.62. The van der Waals surface area contributed by atoms with Crippen LogP contribution < -0.4 is 0 Å². The lowest BCUT2D eigenvalue weighted by Gasteiger charge is -2.31. The Hall–Kier alpha value is -1.78. The van der Waals surface area contributed by atoms with Gasteiger partial charge < -0.3 is 9.88 Å². The number of aromatic amines is 1. The summed E-state index contributed by atoms with van der Waals surface area (Å²) in [7, 11) is 0. The minimum atomic E-state index is -0.0390. The van der Waals surface area contributed by atoms with Crippen molar-refractivity contribution in [2.24, 2.45) is 5.92 Å². The standard InChI is InChI=1S/C24H27Cl2N3O/c25-20-11-17(15-4-2-1-3-5-15)12-21(26)19(20)10-16-8-9-29(24(16)30)18-6-7-22-23(13-18)28-14-27-22/h4,11-12,14,16,18H,1-3,5-10,13H2,(H,27,28)/t16?,18-/m1/s1. The first-order valence-electron chi connectivity index (χ1n) is 11.1. The Labute approximate surface area is 187 Å². The first-order chi connectivity index (χ1) is 14.6. The van der Waals surface area contributed by atoms with Crippen molar-refractivity contribution >= 4 is 34.7 Å². The SMILES string of the molecule is O=C1C(Cc2c(Cl)cc(C3=CCCCC3)cc2Cl)CCN1[C@@H]1CCc2nc[nH]c2C1. The van der Waals surface area contributed by atoms with Gasteiger partial charge in [0.15, 0.2) is 0 Å². The summed E-state index contributed by atoms with van der Waals surface area (Å²) in [5.74, 6) is 0.206. The highest BCUT2D eigenvalue weighted by atomic mass is 35.5. The third-order valence-corrected chi connectivity index (χ3v) is 7.68. The molecule has 0 spiro atoms. The monoisotopic (exact) mass is 443 g/mol. The van der Waals surface area contributed by atoms with E-state index in [9.17, 15) is 4.79 Å². The van der Waals surface area contributed by atoms with E-state index in [1.165, 1.54) is 24.1 Å². The molecule has 2 heterocycles. The van der Waals surface area contributed by atoms with Gasteiger partial charge in [0.1, 0.15) is 0 Å². The second-order valence-corrected chi connectivity index (χ2v) is 9.65. The van der Waals surface area contributed by atoms with Gasteiger partial charge in [-0.2, -0.15) is 0 Å². The topological polar surface area (TPSA) is 49.0 Å². The second kappa shape index (κ2) is 8.39. The lowest BCUT2D eigenvalue weighted by Crippen LogP contribution is -2.41. The van der Waals surface area contributed by atoms with Crippen LogP contribution in [0.5, 0.6) is 0 Å². The van der Waals surface area contributed by atoms with E-state index in [-0.39, 0.29) is 17.9 Å². The van der Waals surface area contributed by atoms with E-state index in [2.05, 4.69) is 20.9 Å². The van der Waals surface area contributed by atoms with Crippen LogP contribution in [0.3, 0.4) is 0 Å². The quantitative estimate of drug-likeness (QED) is 0.665. The first-order valence-corrected chi connectivity index (χ1v) is 11.8. The molecule has 1 aromatic heterocycles. The van der Waals surface area contributed by atoms with Crippen LogP contribution in [0.1, 0.15) is 61.0 Å². The first kappa shape index (κ1) is 20.1. The summed E-state index contributed by atoms with van der Waals surface area (Å²) in [6.07, 6.45) is 13.0. The highest BCUT2D eigenvalue weighted by Gasteiger charge is 2.38. The molecule has 2 aliphatic carbocycles. The van der Waals surface area contributed by atoms with Crippen molar-refractivity contribution in [1.29, 1.82) is 0 Å². The number of amides is 1. The summed E-state index contributed by atoms with van der Waals surface area (Å²) in [5.41, 5.74) is 5.72. The lowest BCUT2D eigenvalue weighted by atomic mass is 9.91. The molecule has 3 aliphatic rings. The molecule has 6 heteroatoms. The summed E-state index contributed by atoms with van der Waals surface area (Å²) in [4.78, 5) is 22.9. The van der Waals surface area contributed by atoms with Crippen molar-refractivity contribution < 1.29 is 4.79 Å². The van der Waals surface area contributed by atoms with Crippen molar-refractivity contribution in [3.63, 3.8) is 0 Å². The molecule has 4 nitrogen and oxygen atoms in total. The number of benzene rings is 1. The van der Waals surface area contributed by atoms with Crippen LogP contribution in [-0.2, 0) is 24.1 Å². The van der Waals surface area contributed by atoms with Gasteiger partial charge in [-0.1, -0.05) is 29.3 Å². The van der Waals surface area contributed by atoms with Crippen LogP contribution in [0.2, 0.25) is 10.0 Å². The van der Waals surface area contributed by atoms with Gasteiger partial charge in [0, 0.05) is 40.7 Å². The highest BCUT2D eigenvalue weighted by molar-refractivity contribution is 6.36. The zero-order valence-corrected chi connectivity index (χ0v) is 18.6. The Kier molecular flexibility index (Phi) is 5.63. The summed E-state index contributed by atoms with van der Waals surface area (Å²) in [5, 5.41) is 1.38. The Balaban J connectivity index is 1.29. The van der Waals surface area contributed by atoms with E-state index in [0.717, 1.165) is 61.9 Å². The maximum Gasteiger partial charge on any atom is 0.226 e. The lowest BCUT2D eigenvalue weighted by molar-refractivity contribution is -0.133. The Bertz CT molecular complexity index is 973. The largest absolute Gasteiger partial charge is 0.348 e. The fourth-order valence-corrected chi connectivity index (χ4v) is 5.94. The molecule has 2 aromatic rings. The molecule has 1 aliphatic heterocycles. The molecule has 5 rings (SSSR count). The summed E-state index contributed by atoms with van der Waals surface area (Å²) >= 11 is 13.3. The van der Waals surface area contributed by atoms with Gasteiger partial charge in [-0.25, -0.2) is 4.98 Å². The highest BCUT2D eigenvalue weighted by Crippen LogP contribution is 2.37. The van der Waals surface area contributed by atoms with Gasteiger partial charge in [-0.05, 0) is 80.2 Å². The number of rotatable bonds is 4. The number of hydrogen-bond acceptors (Lipinski definition) is 2. The third-order valence-electron chi connectivity index (χ3n) is 7.01. The number of imidazole rings is 1. The molecule has 1 saturated heterocycles. The fourth-order valence-electron chi connectivity index (χ4n) is 5.29. The molecule has 0 radical (unpaired) electrons. The molecule has 158 valence electrons. The number of carbonyl (C=O) groups excluding carboxylic acids is 1. The number of allylic oxidation sites excluding steroid dienone is 2. The molecule has 1 unspecified atom stereocenters. The van der Waals surface area contributed by atoms with Gasteiger partial charge >= 0.3 is 0 Å². The van der Waals surface area contributed by atoms with E-state index in [1.54, 1.807) is 6.33 Å². The predicted molar refractivity (Wildman–Crippen MR) is 121 cm³/mol. The Morgan fingerprint density at radius 3 is 2.73 bits per heavy atom. The Morgan fingerprint density at radius 1 is 1.13 bits per heavy atom. The average Bonchev–Trinajstić information content (AvgIpc) is 3.37. The average molecular weight is 444 g/mol. The normalized spacial score (nSPS) is 24.1. The van der Waals surface area contributed by atoms with Crippen LogP contribution in [0.4, 0.5) is 0 Å². The van der Waals surface area contributed by atoms with E-state index in [0.29, 0.717) is 16.5 Å². The van der Waals surface area contributed by atoms with Crippen molar-refractivity contribution in [2.75, 3.05) is 6.54 Å². The molecular weight excluding hydrogens is 417 g/mol. The molecule has 1 aromatic carbocycles. The van der Waals surface area contributed by atoms with E-state index in [1.807, 2.05) is 12.1 Å². The molecule has 2 atom stereocenters. The van der Waals surface area contributed by atoms with E-state index < -0.39 is 0 Å². The minimum absolute atomic E-state index is 0.0390. The molecular formula is C24H27Cl2N3O. The van der Waals surface area contributed by atoms with Crippen LogP contribution in [0.15, 0.2) is 24.5 Å². The minimum Gasteiger partial charge on any atom is -0.348 e. The number of hydrogen-bond donors (Lipinski definition) is 1. The van der Waals surface area contributed by atoms with Gasteiger partial charge in [-0.15, -0.1) is 0 Å². The summed E-state index contributed by atoms with van der Waals surface area (Å²) in [6, 6.07) is 4.35. The van der Waals surface area contributed by atoms with Crippen molar-refractivity contribution in [1.82, 2.24) is 14.9 Å². The number of halogens is 2. The maximum atomic E-state index is 13.2. The summed E-state index contributed by atoms with van der Waals surface area (Å²) in [6.45, 7) is 0.817.